The Morgan fingerprint density at radius 2 is 1.55 bits per heavy atom. The first-order valence-corrected chi connectivity index (χ1v) is 17.9. The molecule has 1 radical (unpaired) electrons. The molecule has 2 aromatic heterocycles. The van der Waals surface area contributed by atoms with Crippen molar-refractivity contribution in [1.29, 1.82) is 0 Å². The number of aliphatic hydroxyl groups is 1. The molecule has 0 unspecified atom stereocenters. The third-order valence-corrected chi connectivity index (χ3v) is 10.2. The number of nitrogens with zero attached hydrogens (tertiary/aromatic N) is 2. The molecule has 4 aromatic carbocycles. The van der Waals surface area contributed by atoms with Gasteiger partial charge in [0.15, 0.2) is 5.78 Å². The molecule has 4 nitrogen and oxygen atoms in total. The zero-order valence-corrected chi connectivity index (χ0v) is 32.5. The van der Waals surface area contributed by atoms with E-state index in [0.717, 1.165) is 59.0 Å². The van der Waals surface area contributed by atoms with Gasteiger partial charge in [-0.15, -0.1) is 12.1 Å². The Bertz CT molecular complexity index is 2250. The molecule has 1 N–H and O–H groups in total. The van der Waals surface area contributed by atoms with Gasteiger partial charge >= 0.3 is 0 Å². The largest absolute Gasteiger partial charge is 0.512 e. The summed E-state index contributed by atoms with van der Waals surface area (Å²) in [5, 5.41) is 15.6. The first-order valence-electron chi connectivity index (χ1n) is 17.9. The van der Waals surface area contributed by atoms with Crippen LogP contribution >= 0.6 is 0 Å². The smallest absolute Gasteiger partial charge is 0.289 e. The second-order valence-corrected chi connectivity index (χ2v) is 13.9. The number of hydrogen-bond acceptors (Lipinski definition) is 4. The van der Waals surface area contributed by atoms with E-state index in [-0.39, 0.29) is 60.3 Å². The number of rotatable bonds is 9. The second kappa shape index (κ2) is 15.7. The fourth-order valence-electron chi connectivity index (χ4n) is 7.34. The van der Waals surface area contributed by atoms with Crippen LogP contribution in [0.15, 0.2) is 84.8 Å². The molecule has 1 aliphatic rings. The molecule has 0 fully saturated rings. The number of ketones is 1. The van der Waals surface area contributed by atoms with E-state index in [4.69, 9.17) is 0 Å². The van der Waals surface area contributed by atoms with Gasteiger partial charge in [0, 0.05) is 61.2 Å². The van der Waals surface area contributed by atoms with Crippen LogP contribution in [0, 0.1) is 23.8 Å². The Morgan fingerprint density at radius 1 is 0.863 bits per heavy atom. The average Bonchev–Trinajstić information content (AvgIpc) is 3.10. The number of hydrogen-bond donors (Lipinski definition) is 1. The summed E-state index contributed by atoms with van der Waals surface area (Å²) in [7, 11) is 0. The van der Waals surface area contributed by atoms with Gasteiger partial charge in [0.05, 0.1) is 5.76 Å². The minimum absolute atomic E-state index is 0. The molecule has 0 bridgehead atoms. The molecule has 51 heavy (non-hydrogen) atoms. The molecule has 0 aliphatic heterocycles. The number of alkyl halides is 2. The number of para-hydroxylation sites is 1. The first kappa shape index (κ1) is 38.2. The van der Waals surface area contributed by atoms with Crippen molar-refractivity contribution in [2.75, 3.05) is 0 Å². The van der Waals surface area contributed by atoms with Gasteiger partial charge in [0.2, 0.25) is 0 Å². The molecular weight excluding hydrogens is 819 g/mol. The van der Waals surface area contributed by atoms with Crippen LogP contribution < -0.4 is 0 Å². The Labute approximate surface area is 312 Å². The van der Waals surface area contributed by atoms with E-state index in [0.29, 0.717) is 27.9 Å². The molecule has 0 atom stereocenters. The van der Waals surface area contributed by atoms with E-state index in [1.165, 1.54) is 11.6 Å². The first-order chi connectivity index (χ1) is 24.0. The second-order valence-electron chi connectivity index (χ2n) is 13.9. The maximum absolute atomic E-state index is 16.2. The summed E-state index contributed by atoms with van der Waals surface area (Å²) in [6.07, 6.45) is 7.55. The summed E-state index contributed by atoms with van der Waals surface area (Å²) in [6.45, 7) is 12.4. The van der Waals surface area contributed by atoms with Crippen molar-refractivity contribution in [2.45, 2.75) is 79.6 Å². The van der Waals surface area contributed by atoms with E-state index in [1.54, 1.807) is 24.4 Å². The molecule has 0 amide bonds. The topological polar surface area (TPSA) is 63.1 Å². The SMILES string of the molecule is CC(C)Cc1ccc2ccc3c4ccnc5c4c(cc3c2c1)C(F)(F)c1nc2ccccc2[c-]c1-5.CCC(CC)C(=O)/C=C(\O)C(CC)CC.[Ir]. The van der Waals surface area contributed by atoms with Crippen molar-refractivity contribution in [3.05, 3.63) is 108 Å². The van der Waals surface area contributed by atoms with E-state index in [9.17, 15) is 9.90 Å². The Hall–Kier alpha value is -4.06. The Morgan fingerprint density at radius 3 is 2.24 bits per heavy atom. The van der Waals surface area contributed by atoms with Gasteiger partial charge in [-0.05, 0) is 93.6 Å². The molecular formula is C44H45F2IrN2O2-. The van der Waals surface area contributed by atoms with Crippen LogP contribution in [0.4, 0.5) is 8.78 Å². The number of carbonyl (C=O) groups excluding carboxylic acids is 1. The van der Waals surface area contributed by atoms with Crippen molar-refractivity contribution in [3.8, 4) is 11.3 Å². The van der Waals surface area contributed by atoms with Crippen LogP contribution in [-0.2, 0) is 37.2 Å². The molecule has 7 heteroatoms. The van der Waals surface area contributed by atoms with Gasteiger partial charge in [0.25, 0.3) is 5.92 Å². The number of fused-ring (bicyclic) bond motifs is 7. The molecule has 0 saturated carbocycles. The van der Waals surface area contributed by atoms with Crippen LogP contribution in [0.2, 0.25) is 0 Å². The van der Waals surface area contributed by atoms with Gasteiger partial charge < -0.3 is 10.1 Å². The maximum atomic E-state index is 16.2. The monoisotopic (exact) mass is 864 g/mol. The van der Waals surface area contributed by atoms with Gasteiger partial charge in [0.1, 0.15) is 0 Å². The molecule has 0 spiro atoms. The minimum atomic E-state index is -3.27. The summed E-state index contributed by atoms with van der Waals surface area (Å²) >= 11 is 0. The van der Waals surface area contributed by atoms with E-state index >= 15 is 8.78 Å². The van der Waals surface area contributed by atoms with Crippen molar-refractivity contribution in [2.24, 2.45) is 17.8 Å². The van der Waals surface area contributed by atoms with Crippen LogP contribution in [0.1, 0.15) is 84.0 Å². The van der Waals surface area contributed by atoms with Crippen molar-refractivity contribution in [3.63, 3.8) is 0 Å². The van der Waals surface area contributed by atoms with Gasteiger partial charge in [-0.3, -0.25) is 9.78 Å². The number of carbonyl (C=O) groups is 1. The predicted molar refractivity (Wildman–Crippen MR) is 202 cm³/mol. The number of pyridine rings is 2. The standard InChI is InChI=1S/C31H21F2N2.C13H24O2.Ir/c1-17(2)13-18-7-8-19-9-10-21-22-11-12-34-29-25-15-20-5-3-4-6-27(20)35-30(25)31(32,33)26(28(22)29)16-24(21)23(19)14-18;1-5-10(6-2)12(14)9-13(15)11(7-3)8-4;/h3-12,14,16-17H,13H2,1-2H3;9-11,14H,5-8H2,1-4H3;/q-1;;/b;12-9-;. The average molecular weight is 864 g/mol. The number of aromatic nitrogens is 2. The molecule has 2 heterocycles. The van der Waals surface area contributed by atoms with Crippen LogP contribution in [0.5, 0.6) is 0 Å². The summed E-state index contributed by atoms with van der Waals surface area (Å²) in [5.41, 5.74) is 2.21. The van der Waals surface area contributed by atoms with Crippen LogP contribution in [0.3, 0.4) is 0 Å². The van der Waals surface area contributed by atoms with Crippen molar-refractivity contribution >= 4 is 49.0 Å². The van der Waals surface area contributed by atoms with Crippen molar-refractivity contribution in [1.82, 2.24) is 9.97 Å². The third-order valence-electron chi connectivity index (χ3n) is 10.2. The summed E-state index contributed by atoms with van der Waals surface area (Å²) in [4.78, 5) is 20.7. The van der Waals surface area contributed by atoms with Crippen LogP contribution in [-0.4, -0.2) is 20.9 Å². The molecule has 7 rings (SSSR count). The maximum Gasteiger partial charge on any atom is 0.289 e. The van der Waals surface area contributed by atoms with E-state index in [2.05, 4.69) is 54.1 Å². The van der Waals surface area contributed by atoms with Gasteiger partial charge in [-0.1, -0.05) is 101 Å². The van der Waals surface area contributed by atoms with Gasteiger partial charge in [-0.2, -0.15) is 0 Å². The fourth-order valence-corrected chi connectivity index (χ4v) is 7.34. The summed E-state index contributed by atoms with van der Waals surface area (Å²) in [6, 6.07) is 24.5. The molecule has 0 saturated heterocycles. The normalized spacial score (nSPS) is 13.5. The molecule has 1 aliphatic carbocycles. The molecule has 6 aromatic rings. The Kier molecular flexibility index (Phi) is 11.7. The number of allylic oxidation sites excluding steroid dienone is 2. The molecule has 267 valence electrons. The fraction of sp³-hybridized carbons (Fsp3) is 0.341. The summed E-state index contributed by atoms with van der Waals surface area (Å²) in [5.74, 6) is -2.21. The van der Waals surface area contributed by atoms with Crippen LogP contribution in [0.25, 0.3) is 54.5 Å². The predicted octanol–water partition coefficient (Wildman–Crippen LogP) is 12.1. The third kappa shape index (κ3) is 7.21. The number of benzene rings is 4. The zero-order valence-electron chi connectivity index (χ0n) is 30.1. The van der Waals surface area contributed by atoms with E-state index < -0.39 is 5.92 Å². The Balaban J connectivity index is 0.000000271. The number of aliphatic hydroxyl groups excluding tert-OH is 1. The zero-order chi connectivity index (χ0) is 35.7. The summed E-state index contributed by atoms with van der Waals surface area (Å²) < 4.78 is 32.5. The number of halogens is 2. The van der Waals surface area contributed by atoms with Gasteiger partial charge in [-0.25, -0.2) is 8.78 Å². The minimum Gasteiger partial charge on any atom is -0.512 e. The van der Waals surface area contributed by atoms with E-state index in [1.807, 2.05) is 52.0 Å². The van der Waals surface area contributed by atoms with Crippen molar-refractivity contribution < 1.29 is 38.8 Å². The quantitative estimate of drug-likeness (QED) is 0.0681.